The number of carbonyl (C=O) groups is 3. The van der Waals surface area contributed by atoms with Crippen LogP contribution in [-0.4, -0.2) is 42.7 Å². The van der Waals surface area contributed by atoms with E-state index in [1.165, 1.54) is 0 Å². The summed E-state index contributed by atoms with van der Waals surface area (Å²) in [6.07, 6.45) is 1.09. The summed E-state index contributed by atoms with van der Waals surface area (Å²) in [5.41, 5.74) is 1.49. The molecule has 1 aliphatic carbocycles. The number of aromatic nitrogens is 1. The van der Waals surface area contributed by atoms with Gasteiger partial charge in [-0.15, -0.1) is 0 Å². The number of aryl methyl sites for hydroxylation is 1. The molecule has 1 fully saturated rings. The topological polar surface area (TPSA) is 82.6 Å². The molecule has 1 aromatic heterocycles. The first-order valence-corrected chi connectivity index (χ1v) is 7.67. The monoisotopic (exact) mass is 319 g/mol. The zero-order valence-electron chi connectivity index (χ0n) is 13.5. The largest absolute Gasteiger partial charge is 0.382 e. The van der Waals surface area contributed by atoms with Crippen molar-refractivity contribution in [1.29, 1.82) is 0 Å². The maximum atomic E-state index is 12.7. The Morgan fingerprint density at radius 2 is 1.91 bits per heavy atom. The van der Waals surface area contributed by atoms with Crippen LogP contribution in [0.1, 0.15) is 41.0 Å². The van der Waals surface area contributed by atoms with Crippen molar-refractivity contribution in [3.05, 3.63) is 29.1 Å². The van der Waals surface area contributed by atoms with Gasteiger partial charge < -0.3 is 9.47 Å². The average Bonchev–Trinajstić information content (AvgIpc) is 2.51. The van der Waals surface area contributed by atoms with Crippen LogP contribution in [0.3, 0.4) is 0 Å². The summed E-state index contributed by atoms with van der Waals surface area (Å²) in [6, 6.07) is 3.32. The Labute approximate surface area is 135 Å². The summed E-state index contributed by atoms with van der Waals surface area (Å²) < 4.78 is 10.3. The molecule has 0 atom stereocenters. The van der Waals surface area contributed by atoms with E-state index in [9.17, 15) is 14.4 Å². The minimum atomic E-state index is -1.18. The molecule has 0 saturated heterocycles. The van der Waals surface area contributed by atoms with Gasteiger partial charge in [-0.2, -0.15) is 0 Å². The van der Waals surface area contributed by atoms with Gasteiger partial charge in [-0.05, 0) is 25.5 Å². The number of ether oxygens (including phenoxy) is 2. The summed E-state index contributed by atoms with van der Waals surface area (Å²) in [6.45, 7) is 2.76. The highest BCUT2D eigenvalue weighted by Gasteiger charge is 2.37. The molecule has 1 aliphatic rings. The second-order valence-corrected chi connectivity index (χ2v) is 5.58. The van der Waals surface area contributed by atoms with E-state index in [4.69, 9.17) is 9.47 Å². The van der Waals surface area contributed by atoms with Crippen molar-refractivity contribution in [2.24, 2.45) is 5.92 Å². The molecule has 1 saturated carbocycles. The number of rotatable bonds is 7. The lowest BCUT2D eigenvalue weighted by Crippen LogP contribution is -2.35. The fourth-order valence-electron chi connectivity index (χ4n) is 2.61. The summed E-state index contributed by atoms with van der Waals surface area (Å²) >= 11 is 0. The molecule has 0 amide bonds. The van der Waals surface area contributed by atoms with Crippen LogP contribution in [0, 0.1) is 12.8 Å². The molecule has 0 bridgehead atoms. The smallest absolute Gasteiger partial charge is 0.182 e. The highest BCUT2D eigenvalue weighted by molar-refractivity contribution is 6.25. The Bertz CT molecular complexity index is 595. The average molecular weight is 319 g/mol. The summed E-state index contributed by atoms with van der Waals surface area (Å²) in [4.78, 5) is 41.0. The van der Waals surface area contributed by atoms with E-state index in [-0.39, 0.29) is 31.0 Å². The molecular weight excluding hydrogens is 298 g/mol. The van der Waals surface area contributed by atoms with Crippen molar-refractivity contribution in [3.8, 4) is 0 Å². The quantitative estimate of drug-likeness (QED) is 0.432. The summed E-state index contributed by atoms with van der Waals surface area (Å²) in [5, 5.41) is 0. The van der Waals surface area contributed by atoms with Gasteiger partial charge in [0.15, 0.2) is 17.3 Å². The van der Waals surface area contributed by atoms with Crippen LogP contribution < -0.4 is 0 Å². The maximum absolute atomic E-state index is 12.7. The Balaban J connectivity index is 2.21. The highest BCUT2D eigenvalue weighted by Crippen LogP contribution is 2.23. The van der Waals surface area contributed by atoms with E-state index in [0.717, 1.165) is 5.69 Å². The molecule has 23 heavy (non-hydrogen) atoms. The molecule has 0 N–H and O–H groups in total. The van der Waals surface area contributed by atoms with Crippen molar-refractivity contribution >= 4 is 17.3 Å². The molecule has 6 heteroatoms. The number of Topliss-reactive ketones (excluding diaryl/α,β-unsaturated/α-hetero) is 3. The predicted molar refractivity (Wildman–Crippen MR) is 82.2 cm³/mol. The summed E-state index contributed by atoms with van der Waals surface area (Å²) in [5.74, 6) is -2.22. The minimum Gasteiger partial charge on any atom is -0.382 e. The lowest BCUT2D eigenvalue weighted by Gasteiger charge is -2.19. The van der Waals surface area contributed by atoms with Gasteiger partial charge in [0.05, 0.1) is 25.5 Å². The first-order chi connectivity index (χ1) is 11.0. The van der Waals surface area contributed by atoms with Gasteiger partial charge in [-0.3, -0.25) is 19.4 Å². The fourth-order valence-corrected chi connectivity index (χ4v) is 2.61. The zero-order chi connectivity index (χ0) is 16.8. The van der Waals surface area contributed by atoms with E-state index in [1.54, 1.807) is 19.2 Å². The lowest BCUT2D eigenvalue weighted by molar-refractivity contribution is -0.133. The van der Waals surface area contributed by atoms with Crippen LogP contribution in [0.25, 0.3) is 0 Å². The third kappa shape index (κ3) is 4.30. The number of hydrogen-bond acceptors (Lipinski definition) is 6. The van der Waals surface area contributed by atoms with Gasteiger partial charge in [0.2, 0.25) is 0 Å². The number of ketones is 3. The van der Waals surface area contributed by atoms with Crippen molar-refractivity contribution in [3.63, 3.8) is 0 Å². The number of nitrogens with zero attached hydrogens (tertiary/aromatic N) is 1. The third-order valence-electron chi connectivity index (χ3n) is 3.80. The van der Waals surface area contributed by atoms with Gasteiger partial charge >= 0.3 is 0 Å². The predicted octanol–water partition coefficient (Wildman–Crippen LogP) is 1.67. The minimum absolute atomic E-state index is 0.140. The van der Waals surface area contributed by atoms with E-state index >= 15 is 0 Å². The van der Waals surface area contributed by atoms with Crippen LogP contribution in [0.5, 0.6) is 0 Å². The van der Waals surface area contributed by atoms with Crippen molar-refractivity contribution in [2.45, 2.75) is 32.8 Å². The second-order valence-electron chi connectivity index (χ2n) is 5.58. The van der Waals surface area contributed by atoms with Crippen LogP contribution in [-0.2, 0) is 25.7 Å². The van der Waals surface area contributed by atoms with Crippen molar-refractivity contribution < 1.29 is 23.9 Å². The van der Waals surface area contributed by atoms with Crippen LogP contribution in [0.4, 0.5) is 0 Å². The van der Waals surface area contributed by atoms with E-state index in [2.05, 4.69) is 4.98 Å². The lowest BCUT2D eigenvalue weighted by atomic mass is 9.81. The number of pyridine rings is 1. The van der Waals surface area contributed by atoms with Crippen LogP contribution in [0.15, 0.2) is 12.1 Å². The first kappa shape index (κ1) is 17.4. The molecule has 124 valence electrons. The Kier molecular flexibility index (Phi) is 6.12. The van der Waals surface area contributed by atoms with Crippen molar-refractivity contribution in [2.75, 3.05) is 20.3 Å². The van der Waals surface area contributed by atoms with Gasteiger partial charge in [0.25, 0.3) is 0 Å². The van der Waals surface area contributed by atoms with Crippen LogP contribution in [0.2, 0.25) is 0 Å². The molecule has 1 heterocycles. The fraction of sp³-hybridized carbons (Fsp3) is 0.529. The molecule has 0 spiro atoms. The standard InChI is InChI=1S/C17H21NO5/c1-11-6-7-12(13(18-11)10-23-9-8-22-2)17(21)16-14(19)4-3-5-15(16)20/h6-7,16H,3-5,8-10H2,1-2H3. The third-order valence-corrected chi connectivity index (χ3v) is 3.80. The van der Waals surface area contributed by atoms with Crippen LogP contribution >= 0.6 is 0 Å². The molecule has 6 nitrogen and oxygen atoms in total. The number of carbonyl (C=O) groups excluding carboxylic acids is 3. The van der Waals surface area contributed by atoms with Gasteiger partial charge in [-0.1, -0.05) is 0 Å². The van der Waals surface area contributed by atoms with E-state index in [0.29, 0.717) is 30.9 Å². The van der Waals surface area contributed by atoms with Gasteiger partial charge in [0, 0.05) is 31.2 Å². The Hall–Kier alpha value is -1.92. The zero-order valence-corrected chi connectivity index (χ0v) is 13.5. The van der Waals surface area contributed by atoms with Gasteiger partial charge in [0.1, 0.15) is 5.92 Å². The second kappa shape index (κ2) is 8.08. The molecule has 0 aliphatic heterocycles. The molecule has 0 unspecified atom stereocenters. The van der Waals surface area contributed by atoms with Crippen molar-refractivity contribution in [1.82, 2.24) is 4.98 Å². The highest BCUT2D eigenvalue weighted by atomic mass is 16.5. The molecule has 1 aromatic rings. The number of methoxy groups -OCH3 is 1. The summed E-state index contributed by atoms with van der Waals surface area (Å²) in [7, 11) is 1.57. The maximum Gasteiger partial charge on any atom is 0.182 e. The number of hydrogen-bond donors (Lipinski definition) is 0. The molecule has 0 radical (unpaired) electrons. The first-order valence-electron chi connectivity index (χ1n) is 7.67. The molecule has 0 aromatic carbocycles. The molecular formula is C17H21NO5. The Morgan fingerprint density at radius 1 is 1.22 bits per heavy atom. The van der Waals surface area contributed by atoms with E-state index < -0.39 is 11.7 Å². The SMILES string of the molecule is COCCOCc1nc(C)ccc1C(=O)C1C(=O)CCCC1=O. The normalized spacial score (nSPS) is 15.9. The Morgan fingerprint density at radius 3 is 2.57 bits per heavy atom. The van der Waals surface area contributed by atoms with Gasteiger partial charge in [-0.25, -0.2) is 0 Å². The van der Waals surface area contributed by atoms with E-state index in [1.807, 2.05) is 6.92 Å². The molecule has 2 rings (SSSR count).